The molecule has 1 fully saturated rings. The van der Waals surface area contributed by atoms with Gasteiger partial charge in [-0.2, -0.15) is 0 Å². The molecule has 34 heavy (non-hydrogen) atoms. The van der Waals surface area contributed by atoms with Crippen molar-refractivity contribution < 1.29 is 27.7 Å². The molecule has 1 N–H and O–H groups in total. The van der Waals surface area contributed by atoms with Gasteiger partial charge in [0.15, 0.2) is 6.61 Å². The minimum absolute atomic E-state index is 0.0455. The number of carbonyl (C=O) groups is 2. The summed E-state index contributed by atoms with van der Waals surface area (Å²) in [6.07, 6.45) is 1.88. The molecule has 1 heterocycles. The highest BCUT2D eigenvalue weighted by Gasteiger charge is 2.26. The quantitative estimate of drug-likeness (QED) is 0.338. The Bertz CT molecular complexity index is 1220. The summed E-state index contributed by atoms with van der Waals surface area (Å²) in [7, 11) is -1.01. The Balaban J connectivity index is 1.80. The number of anilines is 2. The highest BCUT2D eigenvalue weighted by Crippen LogP contribution is 2.29. The monoisotopic (exact) mass is 490 g/mol. The third-order valence-electron chi connectivity index (χ3n) is 5.52. The molecule has 1 aliphatic heterocycles. The second-order valence-corrected chi connectivity index (χ2v) is 10.1. The summed E-state index contributed by atoms with van der Waals surface area (Å²) in [5, 5.41) is 13.6. The van der Waals surface area contributed by atoms with Gasteiger partial charge < -0.3 is 15.0 Å². The topological polar surface area (TPSA) is 139 Å². The molecule has 0 saturated carbocycles. The molecule has 182 valence electrons. The van der Waals surface area contributed by atoms with Crippen molar-refractivity contribution in [2.24, 2.45) is 0 Å². The molecule has 0 aromatic heterocycles. The lowest BCUT2D eigenvalue weighted by Gasteiger charge is -2.22. The Morgan fingerprint density at radius 2 is 1.85 bits per heavy atom. The van der Waals surface area contributed by atoms with E-state index in [0.717, 1.165) is 17.1 Å². The molecule has 2 aromatic rings. The fourth-order valence-electron chi connectivity index (χ4n) is 3.64. The van der Waals surface area contributed by atoms with Gasteiger partial charge in [-0.3, -0.25) is 14.9 Å². The van der Waals surface area contributed by atoms with Crippen LogP contribution in [-0.4, -0.2) is 63.3 Å². The second kappa shape index (κ2) is 10.2. The molecule has 1 saturated heterocycles. The molecule has 0 unspecified atom stereocenters. The fraction of sp³-hybridized carbons (Fsp3) is 0.364. The summed E-state index contributed by atoms with van der Waals surface area (Å²) in [5.74, 6) is -1.53. The maximum atomic E-state index is 12.9. The van der Waals surface area contributed by atoms with Crippen molar-refractivity contribution in [3.8, 4) is 0 Å². The van der Waals surface area contributed by atoms with E-state index >= 15 is 0 Å². The van der Waals surface area contributed by atoms with E-state index < -0.39 is 33.4 Å². The SMILES string of the molecule is Cc1c(NC(=O)COC(=O)c2cc(S(=O)(=O)N(C)C)ccc2N2CCCC2)cccc1[N+](=O)[O-]. The molecular weight excluding hydrogens is 464 g/mol. The Morgan fingerprint density at radius 3 is 2.47 bits per heavy atom. The third kappa shape index (κ3) is 5.34. The molecule has 0 radical (unpaired) electrons. The van der Waals surface area contributed by atoms with E-state index in [2.05, 4.69) is 5.32 Å². The second-order valence-electron chi connectivity index (χ2n) is 7.99. The van der Waals surface area contributed by atoms with Crippen molar-refractivity contribution in [2.45, 2.75) is 24.7 Å². The highest BCUT2D eigenvalue weighted by atomic mass is 32.2. The molecule has 12 heteroatoms. The van der Waals surface area contributed by atoms with Crippen LogP contribution in [0.15, 0.2) is 41.3 Å². The van der Waals surface area contributed by atoms with Crippen LogP contribution in [-0.2, 0) is 19.6 Å². The number of nitrogens with zero attached hydrogens (tertiary/aromatic N) is 3. The van der Waals surface area contributed by atoms with Gasteiger partial charge in [-0.05, 0) is 44.0 Å². The minimum atomic E-state index is -3.79. The number of nitro benzene ring substituents is 1. The zero-order valence-corrected chi connectivity index (χ0v) is 19.9. The van der Waals surface area contributed by atoms with Gasteiger partial charge in [0.25, 0.3) is 11.6 Å². The van der Waals surface area contributed by atoms with Crippen LogP contribution in [0.4, 0.5) is 17.1 Å². The zero-order valence-electron chi connectivity index (χ0n) is 19.1. The van der Waals surface area contributed by atoms with Gasteiger partial charge in [-0.25, -0.2) is 17.5 Å². The van der Waals surface area contributed by atoms with Crippen LogP contribution in [0.5, 0.6) is 0 Å². The Labute approximate surface area is 197 Å². The van der Waals surface area contributed by atoms with E-state index in [1.165, 1.54) is 51.4 Å². The fourth-order valence-corrected chi connectivity index (χ4v) is 4.56. The van der Waals surface area contributed by atoms with E-state index in [1.807, 2.05) is 4.90 Å². The summed E-state index contributed by atoms with van der Waals surface area (Å²) in [6, 6.07) is 8.53. The van der Waals surface area contributed by atoms with E-state index in [4.69, 9.17) is 4.74 Å². The lowest BCUT2D eigenvalue weighted by molar-refractivity contribution is -0.385. The number of sulfonamides is 1. The lowest BCUT2D eigenvalue weighted by Crippen LogP contribution is -2.26. The number of hydrogen-bond acceptors (Lipinski definition) is 8. The van der Waals surface area contributed by atoms with Gasteiger partial charge in [0.05, 0.1) is 32.3 Å². The van der Waals surface area contributed by atoms with Crippen LogP contribution in [0.2, 0.25) is 0 Å². The normalized spacial score (nSPS) is 13.7. The highest BCUT2D eigenvalue weighted by molar-refractivity contribution is 7.89. The minimum Gasteiger partial charge on any atom is -0.452 e. The van der Waals surface area contributed by atoms with Crippen molar-refractivity contribution >= 4 is 39.0 Å². The molecular formula is C22H26N4O7S. The van der Waals surface area contributed by atoms with Gasteiger partial charge in [0, 0.05) is 33.3 Å². The molecule has 1 aliphatic rings. The van der Waals surface area contributed by atoms with E-state index in [1.54, 1.807) is 6.07 Å². The Kier molecular flexibility index (Phi) is 7.52. The van der Waals surface area contributed by atoms with Gasteiger partial charge in [0.2, 0.25) is 10.0 Å². The number of benzene rings is 2. The largest absolute Gasteiger partial charge is 0.452 e. The number of nitro groups is 1. The number of carbonyl (C=O) groups excluding carboxylic acids is 2. The summed E-state index contributed by atoms with van der Waals surface area (Å²) in [4.78, 5) is 37.7. The van der Waals surface area contributed by atoms with Crippen LogP contribution in [0.25, 0.3) is 0 Å². The predicted molar refractivity (Wildman–Crippen MR) is 126 cm³/mol. The number of hydrogen-bond donors (Lipinski definition) is 1. The van der Waals surface area contributed by atoms with Crippen molar-refractivity contribution in [2.75, 3.05) is 44.0 Å². The number of amides is 1. The van der Waals surface area contributed by atoms with Crippen LogP contribution >= 0.6 is 0 Å². The summed E-state index contributed by atoms with van der Waals surface area (Å²) < 4.78 is 31.4. The smallest absolute Gasteiger partial charge is 0.340 e. The van der Waals surface area contributed by atoms with Crippen molar-refractivity contribution in [1.29, 1.82) is 0 Å². The molecule has 0 spiro atoms. The van der Waals surface area contributed by atoms with Gasteiger partial charge in [0.1, 0.15) is 0 Å². The molecule has 0 atom stereocenters. The average Bonchev–Trinajstić information content (AvgIpc) is 3.33. The van der Waals surface area contributed by atoms with Gasteiger partial charge >= 0.3 is 5.97 Å². The first kappa shape index (κ1) is 25.1. The van der Waals surface area contributed by atoms with Crippen molar-refractivity contribution in [3.05, 3.63) is 57.6 Å². The number of nitrogens with one attached hydrogen (secondary N) is 1. The Morgan fingerprint density at radius 1 is 1.18 bits per heavy atom. The first-order valence-corrected chi connectivity index (χ1v) is 12.0. The summed E-state index contributed by atoms with van der Waals surface area (Å²) >= 11 is 0. The van der Waals surface area contributed by atoms with E-state index in [9.17, 15) is 28.1 Å². The molecule has 11 nitrogen and oxygen atoms in total. The lowest BCUT2D eigenvalue weighted by atomic mass is 10.1. The maximum Gasteiger partial charge on any atom is 0.340 e. The van der Waals surface area contributed by atoms with Crippen LogP contribution in [0, 0.1) is 17.0 Å². The standard InChI is InChI=1S/C22H26N4O7S/c1-15-18(7-6-8-19(15)26(29)30)23-21(27)14-33-22(28)17-13-16(34(31,32)24(2)3)9-10-20(17)25-11-4-5-12-25/h6-10,13H,4-5,11-12,14H2,1-3H3,(H,23,27). The zero-order chi connectivity index (χ0) is 25.0. The van der Waals surface area contributed by atoms with E-state index in [0.29, 0.717) is 18.8 Å². The molecule has 3 rings (SSSR count). The van der Waals surface area contributed by atoms with Crippen LogP contribution in [0.3, 0.4) is 0 Å². The number of ether oxygens (including phenoxy) is 1. The number of esters is 1. The van der Waals surface area contributed by atoms with E-state index in [-0.39, 0.29) is 27.4 Å². The van der Waals surface area contributed by atoms with Crippen molar-refractivity contribution in [3.63, 3.8) is 0 Å². The maximum absolute atomic E-state index is 12.9. The van der Waals surface area contributed by atoms with Gasteiger partial charge in [-0.1, -0.05) is 6.07 Å². The third-order valence-corrected chi connectivity index (χ3v) is 7.33. The number of rotatable bonds is 8. The molecule has 0 bridgehead atoms. The first-order valence-electron chi connectivity index (χ1n) is 10.5. The molecule has 1 amide bonds. The van der Waals surface area contributed by atoms with Crippen LogP contribution in [0.1, 0.15) is 28.8 Å². The average molecular weight is 491 g/mol. The van der Waals surface area contributed by atoms with Gasteiger partial charge in [-0.15, -0.1) is 0 Å². The summed E-state index contributed by atoms with van der Waals surface area (Å²) in [5.41, 5.74) is 0.931. The Hall–Kier alpha value is -3.51. The van der Waals surface area contributed by atoms with Crippen molar-refractivity contribution in [1.82, 2.24) is 4.31 Å². The molecule has 2 aromatic carbocycles. The molecule has 0 aliphatic carbocycles. The first-order chi connectivity index (χ1) is 16.0. The summed E-state index contributed by atoms with van der Waals surface area (Å²) in [6.45, 7) is 2.28. The predicted octanol–water partition coefficient (Wildman–Crippen LogP) is 2.55. The van der Waals surface area contributed by atoms with Crippen LogP contribution < -0.4 is 10.2 Å².